The third kappa shape index (κ3) is 2.85. The molecule has 6 heteroatoms. The number of carbonyl (C=O) groups is 2. The van der Waals surface area contributed by atoms with Gasteiger partial charge in [-0.3, -0.25) is 4.90 Å². The van der Waals surface area contributed by atoms with Crippen molar-refractivity contribution in [2.24, 2.45) is 0 Å². The SMILES string of the molecule is CO[C@@H]1CN(C(=O)OCC2c3ccccc3-c3ccccc32)[C@](C)(C(=O)O)C1. The Morgan fingerprint density at radius 1 is 1.11 bits per heavy atom. The summed E-state index contributed by atoms with van der Waals surface area (Å²) in [5.41, 5.74) is 3.20. The van der Waals surface area contributed by atoms with Gasteiger partial charge in [0, 0.05) is 19.4 Å². The summed E-state index contributed by atoms with van der Waals surface area (Å²) in [7, 11) is 1.52. The molecular weight excluding hydrogens is 358 g/mol. The topological polar surface area (TPSA) is 76.1 Å². The molecule has 0 saturated carbocycles. The van der Waals surface area contributed by atoms with E-state index in [2.05, 4.69) is 12.1 Å². The standard InChI is InChI=1S/C22H23NO5/c1-22(20(24)25)11-14(27-2)12-23(22)21(26)28-13-19-17-9-5-3-7-15(17)16-8-4-6-10-18(16)19/h3-10,14,19H,11-13H2,1-2H3,(H,24,25)/t14-,22-/m0/s1. The quantitative estimate of drug-likeness (QED) is 0.877. The number of nitrogens with zero attached hydrogens (tertiary/aromatic N) is 1. The average molecular weight is 381 g/mol. The number of likely N-dealkylation sites (tertiary alicyclic amines) is 1. The second-order valence-corrected chi connectivity index (χ2v) is 7.56. The van der Waals surface area contributed by atoms with Crippen LogP contribution in [0.1, 0.15) is 30.4 Å². The first-order valence-electron chi connectivity index (χ1n) is 9.34. The second kappa shape index (κ2) is 6.95. The van der Waals surface area contributed by atoms with Crippen LogP contribution in [0, 0.1) is 0 Å². The number of aliphatic carboxylic acids is 1. The molecule has 28 heavy (non-hydrogen) atoms. The van der Waals surface area contributed by atoms with Crippen LogP contribution in [-0.2, 0) is 14.3 Å². The average Bonchev–Trinajstić information content (AvgIpc) is 3.22. The molecule has 1 amide bonds. The lowest BCUT2D eigenvalue weighted by Gasteiger charge is -2.30. The van der Waals surface area contributed by atoms with Crippen LogP contribution in [0.25, 0.3) is 11.1 Å². The van der Waals surface area contributed by atoms with Crippen LogP contribution < -0.4 is 0 Å². The molecule has 0 spiro atoms. The smallest absolute Gasteiger partial charge is 0.410 e. The zero-order valence-electron chi connectivity index (χ0n) is 15.9. The van der Waals surface area contributed by atoms with Gasteiger partial charge in [-0.2, -0.15) is 0 Å². The number of hydrogen-bond donors (Lipinski definition) is 1. The molecule has 2 atom stereocenters. The van der Waals surface area contributed by atoms with E-state index in [1.165, 1.54) is 18.9 Å². The first-order valence-corrected chi connectivity index (χ1v) is 9.34. The van der Waals surface area contributed by atoms with Crippen LogP contribution in [-0.4, -0.2) is 54.0 Å². The number of carboxylic acids is 1. The highest BCUT2D eigenvalue weighted by Gasteiger charge is 2.51. The van der Waals surface area contributed by atoms with E-state index >= 15 is 0 Å². The van der Waals surface area contributed by atoms with Crippen molar-refractivity contribution in [2.45, 2.75) is 30.9 Å². The normalized spacial score (nSPS) is 23.4. The minimum atomic E-state index is -1.33. The van der Waals surface area contributed by atoms with Crippen LogP contribution in [0.15, 0.2) is 48.5 Å². The zero-order valence-corrected chi connectivity index (χ0v) is 15.9. The van der Waals surface area contributed by atoms with Crippen LogP contribution in [0.4, 0.5) is 4.79 Å². The Morgan fingerprint density at radius 3 is 2.21 bits per heavy atom. The number of methoxy groups -OCH3 is 1. The molecule has 1 aliphatic carbocycles. The number of benzene rings is 2. The maximum atomic E-state index is 12.8. The number of ether oxygens (including phenoxy) is 2. The van der Waals surface area contributed by atoms with Crippen molar-refractivity contribution in [2.75, 3.05) is 20.3 Å². The second-order valence-electron chi connectivity index (χ2n) is 7.56. The summed E-state index contributed by atoms with van der Waals surface area (Å²) in [6.45, 7) is 1.91. The number of fused-ring (bicyclic) bond motifs is 3. The molecule has 2 aromatic carbocycles. The lowest BCUT2D eigenvalue weighted by atomic mass is 9.98. The fraction of sp³-hybridized carbons (Fsp3) is 0.364. The minimum absolute atomic E-state index is 0.0618. The fourth-order valence-corrected chi connectivity index (χ4v) is 4.33. The molecule has 1 fully saturated rings. The first-order chi connectivity index (χ1) is 13.5. The number of rotatable bonds is 4. The largest absolute Gasteiger partial charge is 0.480 e. The Morgan fingerprint density at radius 2 is 1.68 bits per heavy atom. The molecule has 0 radical (unpaired) electrons. The molecule has 6 nitrogen and oxygen atoms in total. The highest BCUT2D eigenvalue weighted by Crippen LogP contribution is 2.44. The maximum Gasteiger partial charge on any atom is 0.410 e. The van der Waals surface area contributed by atoms with Crippen molar-refractivity contribution in [3.8, 4) is 11.1 Å². The summed E-state index contributed by atoms with van der Waals surface area (Å²) in [5, 5.41) is 9.64. The van der Waals surface area contributed by atoms with E-state index < -0.39 is 17.6 Å². The van der Waals surface area contributed by atoms with Crippen LogP contribution in [0.3, 0.4) is 0 Å². The summed E-state index contributed by atoms with van der Waals surface area (Å²) in [6.07, 6.45) is -0.698. The first kappa shape index (κ1) is 18.5. The summed E-state index contributed by atoms with van der Waals surface area (Å²) >= 11 is 0. The van der Waals surface area contributed by atoms with Crippen LogP contribution >= 0.6 is 0 Å². The van der Waals surface area contributed by atoms with Gasteiger partial charge in [-0.15, -0.1) is 0 Å². The summed E-state index contributed by atoms with van der Waals surface area (Å²) in [5.74, 6) is -1.12. The molecule has 1 aliphatic heterocycles. The lowest BCUT2D eigenvalue weighted by molar-refractivity contribution is -0.147. The number of carbonyl (C=O) groups excluding carboxylic acids is 1. The minimum Gasteiger partial charge on any atom is -0.480 e. The maximum absolute atomic E-state index is 12.8. The van der Waals surface area contributed by atoms with E-state index in [9.17, 15) is 14.7 Å². The molecule has 1 heterocycles. The molecule has 2 aromatic rings. The zero-order chi connectivity index (χ0) is 19.9. The van der Waals surface area contributed by atoms with Gasteiger partial charge in [0.2, 0.25) is 0 Å². The van der Waals surface area contributed by atoms with Gasteiger partial charge in [-0.25, -0.2) is 9.59 Å². The molecule has 0 bridgehead atoms. The third-order valence-corrected chi connectivity index (χ3v) is 5.96. The molecule has 0 aromatic heterocycles. The summed E-state index contributed by atoms with van der Waals surface area (Å²) in [4.78, 5) is 25.8. The van der Waals surface area contributed by atoms with E-state index in [1.807, 2.05) is 36.4 Å². The van der Waals surface area contributed by atoms with Crippen molar-refractivity contribution < 1.29 is 24.2 Å². The number of hydrogen-bond acceptors (Lipinski definition) is 4. The van der Waals surface area contributed by atoms with E-state index in [1.54, 1.807) is 0 Å². The van der Waals surface area contributed by atoms with Gasteiger partial charge < -0.3 is 14.6 Å². The number of amides is 1. The number of carboxylic acid groups (broad SMARTS) is 1. The Balaban J connectivity index is 1.55. The fourth-order valence-electron chi connectivity index (χ4n) is 4.33. The van der Waals surface area contributed by atoms with Crippen molar-refractivity contribution in [1.29, 1.82) is 0 Å². The van der Waals surface area contributed by atoms with Gasteiger partial charge in [0.15, 0.2) is 0 Å². The highest BCUT2D eigenvalue weighted by atomic mass is 16.6. The molecule has 146 valence electrons. The van der Waals surface area contributed by atoms with E-state index in [0.29, 0.717) is 0 Å². The molecule has 2 aliphatic rings. The van der Waals surface area contributed by atoms with Crippen molar-refractivity contribution in [1.82, 2.24) is 4.90 Å². The van der Waals surface area contributed by atoms with Gasteiger partial charge in [0.05, 0.1) is 12.6 Å². The van der Waals surface area contributed by atoms with Gasteiger partial charge in [0.25, 0.3) is 0 Å². The van der Waals surface area contributed by atoms with E-state index in [-0.39, 0.29) is 31.6 Å². The van der Waals surface area contributed by atoms with Crippen molar-refractivity contribution in [3.63, 3.8) is 0 Å². The Bertz CT molecular complexity index is 881. The van der Waals surface area contributed by atoms with Gasteiger partial charge in [-0.1, -0.05) is 48.5 Å². The van der Waals surface area contributed by atoms with Gasteiger partial charge in [-0.05, 0) is 29.2 Å². The van der Waals surface area contributed by atoms with Crippen molar-refractivity contribution in [3.05, 3.63) is 59.7 Å². The predicted octanol–water partition coefficient (Wildman–Crippen LogP) is 3.50. The summed E-state index contributed by atoms with van der Waals surface area (Å²) < 4.78 is 10.9. The van der Waals surface area contributed by atoms with Crippen molar-refractivity contribution >= 4 is 12.1 Å². The predicted molar refractivity (Wildman–Crippen MR) is 103 cm³/mol. The molecule has 0 unspecified atom stereocenters. The third-order valence-electron chi connectivity index (χ3n) is 5.96. The molecular formula is C22H23NO5. The molecule has 1 N–H and O–H groups in total. The van der Waals surface area contributed by atoms with Gasteiger partial charge in [0.1, 0.15) is 12.1 Å². The van der Waals surface area contributed by atoms with Crippen LogP contribution in [0.5, 0.6) is 0 Å². The lowest BCUT2D eigenvalue weighted by Crippen LogP contribution is -2.51. The molecule has 1 saturated heterocycles. The Kier molecular flexibility index (Phi) is 4.59. The van der Waals surface area contributed by atoms with Crippen LogP contribution in [0.2, 0.25) is 0 Å². The summed E-state index contributed by atoms with van der Waals surface area (Å²) in [6, 6.07) is 16.2. The Labute approximate surface area is 163 Å². The molecule has 4 rings (SSSR count). The Hall–Kier alpha value is -2.86. The van der Waals surface area contributed by atoms with E-state index in [4.69, 9.17) is 9.47 Å². The monoisotopic (exact) mass is 381 g/mol. The van der Waals surface area contributed by atoms with E-state index in [0.717, 1.165) is 22.3 Å². The van der Waals surface area contributed by atoms with Gasteiger partial charge >= 0.3 is 12.1 Å². The highest BCUT2D eigenvalue weighted by molar-refractivity contribution is 5.85.